The smallest absolute Gasteiger partial charge is 0.277 e. The molecule has 0 aromatic heterocycles. The molecule has 0 saturated heterocycles. The highest BCUT2D eigenvalue weighted by molar-refractivity contribution is 5.94. The highest BCUT2D eigenvalue weighted by Gasteiger charge is 2.27. The number of hydrazone groups is 1. The summed E-state index contributed by atoms with van der Waals surface area (Å²) in [6, 6.07) is 18.0. The van der Waals surface area contributed by atoms with Crippen molar-refractivity contribution in [2.45, 2.75) is 53.4 Å². The van der Waals surface area contributed by atoms with Gasteiger partial charge in [0, 0.05) is 0 Å². The highest BCUT2D eigenvalue weighted by atomic mass is 16.5. The summed E-state index contributed by atoms with van der Waals surface area (Å²) in [4.78, 5) is 12.0. The van der Waals surface area contributed by atoms with Crippen molar-refractivity contribution in [3.63, 3.8) is 0 Å². The molecule has 0 atom stereocenters. The normalized spacial score (nSPS) is 13.0. The molecule has 4 heteroatoms. The lowest BCUT2D eigenvalue weighted by atomic mass is 9.72. The maximum Gasteiger partial charge on any atom is 0.277 e. The Bertz CT molecular complexity index is 947. The van der Waals surface area contributed by atoms with Crippen LogP contribution in [0.2, 0.25) is 0 Å². The highest BCUT2D eigenvalue weighted by Crippen LogP contribution is 2.36. The Labute approximate surface area is 193 Å². The minimum atomic E-state index is -0.297. The third-order valence-corrected chi connectivity index (χ3v) is 4.87. The van der Waals surface area contributed by atoms with Gasteiger partial charge in [0.25, 0.3) is 5.91 Å². The van der Waals surface area contributed by atoms with Gasteiger partial charge in [0.05, 0.1) is 5.71 Å². The molecular formula is C28H36N2O2. The molecule has 1 N–H and O–H groups in total. The first-order chi connectivity index (χ1) is 15.0. The molecule has 0 bridgehead atoms. The van der Waals surface area contributed by atoms with Crippen LogP contribution >= 0.6 is 0 Å². The van der Waals surface area contributed by atoms with Crippen LogP contribution in [0, 0.1) is 5.41 Å². The van der Waals surface area contributed by atoms with Crippen molar-refractivity contribution in [2.24, 2.45) is 10.5 Å². The van der Waals surface area contributed by atoms with Gasteiger partial charge < -0.3 is 4.74 Å². The van der Waals surface area contributed by atoms with Gasteiger partial charge in [-0.25, -0.2) is 5.43 Å². The molecule has 0 saturated carbocycles. The van der Waals surface area contributed by atoms with E-state index in [0.717, 1.165) is 12.0 Å². The fourth-order valence-electron chi connectivity index (χ4n) is 3.72. The fraction of sp³-hybridized carbons (Fsp3) is 0.357. The molecule has 2 aromatic carbocycles. The van der Waals surface area contributed by atoms with Crippen LogP contribution < -0.4 is 10.2 Å². The number of ether oxygens (including phenoxy) is 1. The second-order valence-electron chi connectivity index (χ2n) is 9.85. The van der Waals surface area contributed by atoms with E-state index in [4.69, 9.17) is 4.74 Å². The summed E-state index contributed by atoms with van der Waals surface area (Å²) in [7, 11) is 0. The Balaban J connectivity index is 1.79. The van der Waals surface area contributed by atoms with E-state index >= 15 is 0 Å². The number of nitrogens with one attached hydrogen (secondary N) is 1. The van der Waals surface area contributed by atoms with Gasteiger partial charge in [-0.15, -0.1) is 0 Å². The number of carbonyl (C=O) groups is 1. The summed E-state index contributed by atoms with van der Waals surface area (Å²) in [5, 5.41) is 4.08. The van der Waals surface area contributed by atoms with E-state index in [2.05, 4.69) is 57.3 Å². The molecule has 2 aromatic rings. The van der Waals surface area contributed by atoms with Crippen LogP contribution in [0.3, 0.4) is 0 Å². The van der Waals surface area contributed by atoms with Gasteiger partial charge >= 0.3 is 0 Å². The van der Waals surface area contributed by atoms with Crippen molar-refractivity contribution in [1.82, 2.24) is 5.43 Å². The van der Waals surface area contributed by atoms with Crippen molar-refractivity contribution >= 4 is 17.7 Å². The second-order valence-corrected chi connectivity index (χ2v) is 9.85. The molecule has 0 unspecified atom stereocenters. The number of allylic oxidation sites excluding steroid dienone is 3. The first-order valence-corrected chi connectivity index (χ1v) is 11.0. The summed E-state index contributed by atoms with van der Waals surface area (Å²) in [5.41, 5.74) is 5.93. The van der Waals surface area contributed by atoms with Crippen LogP contribution in [-0.2, 0) is 10.2 Å². The second kappa shape index (κ2) is 11.5. The first kappa shape index (κ1) is 25.1. The van der Waals surface area contributed by atoms with Crippen LogP contribution in [-0.4, -0.2) is 18.2 Å². The third-order valence-electron chi connectivity index (χ3n) is 4.87. The number of benzene rings is 2. The molecular weight excluding hydrogens is 396 g/mol. The SMILES string of the molecule is CC(C=CC=Cc1ccccc1)=NNC(=O)COc1ccc(C(C)(C)CC(C)(C)C)cc1. The minimum absolute atomic E-state index is 0.0736. The summed E-state index contributed by atoms with van der Waals surface area (Å²) < 4.78 is 5.61. The summed E-state index contributed by atoms with van der Waals surface area (Å²) in [6.45, 7) is 13.0. The Kier molecular flexibility index (Phi) is 9.01. The van der Waals surface area contributed by atoms with Crippen LogP contribution in [0.4, 0.5) is 0 Å². The van der Waals surface area contributed by atoms with Gasteiger partial charge in [-0.05, 0) is 53.5 Å². The predicted octanol–water partition coefficient (Wildman–Crippen LogP) is 6.54. The molecule has 0 heterocycles. The zero-order valence-electron chi connectivity index (χ0n) is 20.2. The Morgan fingerprint density at radius 1 is 0.969 bits per heavy atom. The molecule has 0 radical (unpaired) electrons. The summed E-state index contributed by atoms with van der Waals surface area (Å²) in [6.07, 6.45) is 8.74. The quantitative estimate of drug-likeness (QED) is 0.278. The van der Waals surface area contributed by atoms with Gasteiger partial charge in [-0.3, -0.25) is 4.79 Å². The van der Waals surface area contributed by atoms with Crippen molar-refractivity contribution < 1.29 is 9.53 Å². The van der Waals surface area contributed by atoms with Gasteiger partial charge in [0.15, 0.2) is 6.61 Å². The largest absolute Gasteiger partial charge is 0.484 e. The van der Waals surface area contributed by atoms with Crippen LogP contribution in [0.15, 0.2) is 77.9 Å². The lowest BCUT2D eigenvalue weighted by Gasteiger charge is -2.33. The lowest BCUT2D eigenvalue weighted by molar-refractivity contribution is -0.123. The molecule has 0 aliphatic carbocycles. The Morgan fingerprint density at radius 2 is 1.62 bits per heavy atom. The maximum atomic E-state index is 12.0. The van der Waals surface area contributed by atoms with Gasteiger partial charge in [0.1, 0.15) is 5.75 Å². The summed E-state index contributed by atoms with van der Waals surface area (Å²) in [5.74, 6) is 0.372. The van der Waals surface area contributed by atoms with Crippen molar-refractivity contribution in [1.29, 1.82) is 0 Å². The topological polar surface area (TPSA) is 50.7 Å². The van der Waals surface area contributed by atoms with Crippen LogP contribution in [0.25, 0.3) is 6.08 Å². The molecule has 32 heavy (non-hydrogen) atoms. The van der Waals surface area contributed by atoms with E-state index in [-0.39, 0.29) is 23.3 Å². The number of carbonyl (C=O) groups excluding carboxylic acids is 1. The monoisotopic (exact) mass is 432 g/mol. The maximum absolute atomic E-state index is 12.0. The molecule has 4 nitrogen and oxygen atoms in total. The minimum Gasteiger partial charge on any atom is -0.484 e. The number of hydrogen-bond donors (Lipinski definition) is 1. The number of amides is 1. The Morgan fingerprint density at radius 3 is 2.25 bits per heavy atom. The van der Waals surface area contributed by atoms with Crippen LogP contribution in [0.5, 0.6) is 5.75 Å². The van der Waals surface area contributed by atoms with Gasteiger partial charge in [-0.1, -0.05) is 95.3 Å². The van der Waals surface area contributed by atoms with E-state index in [9.17, 15) is 4.79 Å². The van der Waals surface area contributed by atoms with E-state index in [1.54, 1.807) is 0 Å². The Hall–Kier alpha value is -3.14. The first-order valence-electron chi connectivity index (χ1n) is 11.0. The number of nitrogens with zero attached hydrogens (tertiary/aromatic N) is 1. The zero-order valence-corrected chi connectivity index (χ0v) is 20.2. The van der Waals surface area contributed by atoms with E-state index in [0.29, 0.717) is 11.5 Å². The van der Waals surface area contributed by atoms with Crippen molar-refractivity contribution in [3.05, 3.63) is 84.0 Å². The van der Waals surface area contributed by atoms with E-state index < -0.39 is 0 Å². The van der Waals surface area contributed by atoms with E-state index in [1.165, 1.54) is 5.56 Å². The van der Waals surface area contributed by atoms with E-state index in [1.807, 2.05) is 73.7 Å². The van der Waals surface area contributed by atoms with Crippen molar-refractivity contribution in [3.8, 4) is 5.75 Å². The molecule has 0 spiro atoms. The standard InChI is InChI=1S/C28H36N2O2/c1-22(12-10-11-15-23-13-8-7-9-14-23)29-30-26(31)20-32-25-18-16-24(17-19-25)28(5,6)21-27(2,3)4/h7-19H,20-21H2,1-6H3,(H,30,31). The van der Waals surface area contributed by atoms with Gasteiger partial charge in [0.2, 0.25) is 0 Å². The predicted molar refractivity (Wildman–Crippen MR) is 135 cm³/mol. The average molecular weight is 433 g/mol. The average Bonchev–Trinajstić information content (AvgIpc) is 2.73. The molecule has 2 rings (SSSR count). The van der Waals surface area contributed by atoms with Crippen LogP contribution in [0.1, 0.15) is 59.1 Å². The fourth-order valence-corrected chi connectivity index (χ4v) is 3.72. The lowest BCUT2D eigenvalue weighted by Crippen LogP contribution is -2.25. The molecule has 170 valence electrons. The molecule has 0 aliphatic rings. The number of hydrogen-bond acceptors (Lipinski definition) is 3. The molecule has 1 amide bonds. The molecule has 0 aliphatic heterocycles. The number of rotatable bonds is 9. The summed E-state index contributed by atoms with van der Waals surface area (Å²) >= 11 is 0. The van der Waals surface area contributed by atoms with Crippen molar-refractivity contribution in [2.75, 3.05) is 6.61 Å². The zero-order chi connectivity index (χ0) is 23.6. The molecule has 0 fully saturated rings. The third kappa shape index (κ3) is 9.34. The van der Waals surface area contributed by atoms with Gasteiger partial charge in [-0.2, -0.15) is 5.10 Å².